The Morgan fingerprint density at radius 2 is 1.92 bits per heavy atom. The first-order chi connectivity index (χ1) is 12.5. The molecular weight excluding hydrogens is 374 g/mol. The van der Waals surface area contributed by atoms with Gasteiger partial charge < -0.3 is 4.74 Å². The van der Waals surface area contributed by atoms with Crippen molar-refractivity contribution in [3.05, 3.63) is 59.2 Å². The summed E-state index contributed by atoms with van der Waals surface area (Å²) in [5, 5.41) is 0. The van der Waals surface area contributed by atoms with Gasteiger partial charge >= 0.3 is 5.97 Å². The first-order valence-corrected chi connectivity index (χ1v) is 10.3. The third-order valence-corrected chi connectivity index (χ3v) is 6.56. The third kappa shape index (κ3) is 3.57. The van der Waals surface area contributed by atoms with E-state index in [9.17, 15) is 13.2 Å². The summed E-state index contributed by atoms with van der Waals surface area (Å²) in [5.41, 5.74) is 2.93. The van der Waals surface area contributed by atoms with E-state index in [-0.39, 0.29) is 4.90 Å². The quantitative estimate of drug-likeness (QED) is 0.557. The van der Waals surface area contributed by atoms with Crippen molar-refractivity contribution in [1.82, 2.24) is 0 Å². The van der Waals surface area contributed by atoms with Gasteiger partial charge in [-0.3, -0.25) is 4.31 Å². The Morgan fingerprint density at radius 3 is 2.58 bits per heavy atom. The predicted octanol–water partition coefficient (Wildman–Crippen LogP) is 3.40. The van der Waals surface area contributed by atoms with E-state index in [2.05, 4.69) is 0 Å². The van der Waals surface area contributed by atoms with Gasteiger partial charge in [0.2, 0.25) is 0 Å². The molecule has 0 N–H and O–H groups in total. The van der Waals surface area contributed by atoms with Crippen LogP contribution >= 0.6 is 11.6 Å². The van der Waals surface area contributed by atoms with Crippen molar-refractivity contribution in [2.75, 3.05) is 23.8 Å². The second-order valence-electron chi connectivity index (χ2n) is 6.10. The molecule has 7 heteroatoms. The molecule has 0 fully saturated rings. The van der Waals surface area contributed by atoms with Crippen LogP contribution in [0.4, 0.5) is 5.69 Å². The number of carbonyl (C=O) groups is 1. The number of alkyl halides is 1. The molecule has 0 spiro atoms. The van der Waals surface area contributed by atoms with Gasteiger partial charge in [0.1, 0.15) is 0 Å². The molecule has 2 aromatic carbocycles. The number of hydrogen-bond donors (Lipinski definition) is 0. The summed E-state index contributed by atoms with van der Waals surface area (Å²) in [6.45, 7) is 0.357. The number of aryl methyl sites for hydroxylation is 1. The maximum atomic E-state index is 13.0. The number of rotatable bonds is 6. The number of halogens is 1. The van der Waals surface area contributed by atoms with E-state index in [0.717, 1.165) is 24.0 Å². The van der Waals surface area contributed by atoms with E-state index in [4.69, 9.17) is 16.3 Å². The van der Waals surface area contributed by atoms with Crippen LogP contribution in [-0.2, 0) is 27.6 Å². The van der Waals surface area contributed by atoms with Crippen LogP contribution in [-0.4, -0.2) is 33.9 Å². The van der Waals surface area contributed by atoms with Crippen LogP contribution in [0, 0.1) is 0 Å². The molecule has 0 aliphatic carbocycles. The highest BCUT2D eigenvalue weighted by Crippen LogP contribution is 2.33. The maximum Gasteiger partial charge on any atom is 0.337 e. The fourth-order valence-electron chi connectivity index (χ4n) is 3.09. The Balaban J connectivity index is 1.87. The molecule has 1 aliphatic heterocycles. The molecular formula is C19H20ClNO4S. The van der Waals surface area contributed by atoms with Gasteiger partial charge in [0.05, 0.1) is 23.3 Å². The van der Waals surface area contributed by atoms with Crippen molar-refractivity contribution in [1.29, 1.82) is 0 Å². The average molecular weight is 394 g/mol. The second kappa shape index (κ2) is 7.68. The van der Waals surface area contributed by atoms with Gasteiger partial charge in [0.25, 0.3) is 10.0 Å². The summed E-state index contributed by atoms with van der Waals surface area (Å²) in [5.74, 6) is 0.152. The van der Waals surface area contributed by atoms with Gasteiger partial charge in [-0.15, -0.1) is 11.6 Å². The monoisotopic (exact) mass is 393 g/mol. The molecule has 3 rings (SSSR count). The summed E-state index contributed by atoms with van der Waals surface area (Å²) < 4.78 is 32.1. The molecule has 0 saturated heterocycles. The maximum absolute atomic E-state index is 13.0. The van der Waals surface area contributed by atoms with Crippen LogP contribution in [0.2, 0.25) is 0 Å². The number of anilines is 1. The average Bonchev–Trinajstić information content (AvgIpc) is 3.10. The minimum atomic E-state index is -3.64. The minimum absolute atomic E-state index is 0.261. The number of esters is 1. The SMILES string of the molecule is COC(=O)c1ccc2c(c1)CCN2S(=O)(=O)c1ccc(CCCCl)cc1. The zero-order valence-electron chi connectivity index (χ0n) is 14.4. The largest absolute Gasteiger partial charge is 0.465 e. The number of fused-ring (bicyclic) bond motifs is 1. The molecule has 138 valence electrons. The van der Waals surface area contributed by atoms with E-state index in [0.29, 0.717) is 30.1 Å². The van der Waals surface area contributed by atoms with Gasteiger partial charge in [0, 0.05) is 12.4 Å². The van der Waals surface area contributed by atoms with E-state index in [1.54, 1.807) is 30.3 Å². The van der Waals surface area contributed by atoms with Crippen LogP contribution < -0.4 is 4.31 Å². The van der Waals surface area contributed by atoms with Gasteiger partial charge in [-0.1, -0.05) is 12.1 Å². The standard InChI is InChI=1S/C19H20ClNO4S/c1-25-19(22)16-6-9-18-15(13-16)10-12-21(18)26(23,24)17-7-4-14(5-8-17)3-2-11-20/h4-9,13H,2-3,10-12H2,1H3. The summed E-state index contributed by atoms with van der Waals surface area (Å²) in [6.07, 6.45) is 2.25. The molecule has 1 aliphatic rings. The van der Waals surface area contributed by atoms with Crippen molar-refractivity contribution >= 4 is 33.3 Å². The summed E-state index contributed by atoms with van der Waals surface area (Å²) in [7, 11) is -2.31. The number of sulfonamides is 1. The summed E-state index contributed by atoms with van der Waals surface area (Å²) in [4.78, 5) is 11.9. The van der Waals surface area contributed by atoms with Crippen LogP contribution in [0.5, 0.6) is 0 Å². The molecule has 0 saturated carbocycles. The predicted molar refractivity (Wildman–Crippen MR) is 102 cm³/mol. The van der Waals surface area contributed by atoms with E-state index >= 15 is 0 Å². The van der Waals surface area contributed by atoms with Crippen molar-refractivity contribution in [3.8, 4) is 0 Å². The topological polar surface area (TPSA) is 63.7 Å². The molecule has 0 unspecified atom stereocenters. The minimum Gasteiger partial charge on any atom is -0.465 e. The van der Waals surface area contributed by atoms with Crippen molar-refractivity contribution in [2.24, 2.45) is 0 Å². The second-order valence-corrected chi connectivity index (χ2v) is 8.34. The van der Waals surface area contributed by atoms with Crippen molar-refractivity contribution in [2.45, 2.75) is 24.2 Å². The Hall–Kier alpha value is -2.05. The molecule has 0 atom stereocenters. The molecule has 0 radical (unpaired) electrons. The number of nitrogens with zero attached hydrogens (tertiary/aromatic N) is 1. The normalized spacial score (nSPS) is 13.5. The number of ether oxygens (including phenoxy) is 1. The van der Waals surface area contributed by atoms with Gasteiger partial charge in [0.15, 0.2) is 0 Å². The fraction of sp³-hybridized carbons (Fsp3) is 0.316. The Bertz CT molecular complexity index is 910. The lowest BCUT2D eigenvalue weighted by atomic mass is 10.1. The summed E-state index contributed by atoms with van der Waals surface area (Å²) >= 11 is 5.70. The van der Waals surface area contributed by atoms with Crippen LogP contribution in [0.3, 0.4) is 0 Å². The Kier molecular flexibility index (Phi) is 5.53. The number of hydrogen-bond acceptors (Lipinski definition) is 4. The fourth-order valence-corrected chi connectivity index (χ4v) is 4.73. The highest BCUT2D eigenvalue weighted by molar-refractivity contribution is 7.92. The smallest absolute Gasteiger partial charge is 0.337 e. The zero-order valence-corrected chi connectivity index (χ0v) is 16.0. The lowest BCUT2D eigenvalue weighted by Crippen LogP contribution is -2.29. The van der Waals surface area contributed by atoms with Gasteiger partial charge in [-0.05, 0) is 60.7 Å². The molecule has 5 nitrogen and oxygen atoms in total. The van der Waals surface area contributed by atoms with Gasteiger partial charge in [-0.2, -0.15) is 0 Å². The molecule has 0 aromatic heterocycles. The Labute approximate surface area is 158 Å². The van der Waals surface area contributed by atoms with Gasteiger partial charge in [-0.25, -0.2) is 13.2 Å². The number of benzene rings is 2. The molecule has 1 heterocycles. The highest BCUT2D eigenvalue weighted by Gasteiger charge is 2.31. The Morgan fingerprint density at radius 1 is 1.19 bits per heavy atom. The van der Waals surface area contributed by atoms with E-state index in [1.165, 1.54) is 11.4 Å². The van der Waals surface area contributed by atoms with Crippen LogP contribution in [0.1, 0.15) is 27.9 Å². The van der Waals surface area contributed by atoms with E-state index < -0.39 is 16.0 Å². The number of methoxy groups -OCH3 is 1. The van der Waals surface area contributed by atoms with Crippen LogP contribution in [0.25, 0.3) is 0 Å². The van der Waals surface area contributed by atoms with E-state index in [1.807, 2.05) is 12.1 Å². The molecule has 26 heavy (non-hydrogen) atoms. The van der Waals surface area contributed by atoms with Crippen molar-refractivity contribution < 1.29 is 17.9 Å². The highest BCUT2D eigenvalue weighted by atomic mass is 35.5. The van der Waals surface area contributed by atoms with Crippen molar-refractivity contribution in [3.63, 3.8) is 0 Å². The number of carbonyl (C=O) groups excluding carboxylic acids is 1. The van der Waals surface area contributed by atoms with Crippen LogP contribution in [0.15, 0.2) is 47.4 Å². The zero-order chi connectivity index (χ0) is 18.7. The molecule has 2 aromatic rings. The lowest BCUT2D eigenvalue weighted by molar-refractivity contribution is 0.0600. The first-order valence-electron chi connectivity index (χ1n) is 8.36. The summed E-state index contributed by atoms with van der Waals surface area (Å²) in [6, 6.07) is 11.9. The molecule has 0 bridgehead atoms. The third-order valence-electron chi connectivity index (χ3n) is 4.46. The molecule has 0 amide bonds. The first kappa shape index (κ1) is 18.7. The lowest BCUT2D eigenvalue weighted by Gasteiger charge is -2.20.